The first-order chi connectivity index (χ1) is 9.97. The Bertz CT molecular complexity index is 735. The van der Waals surface area contributed by atoms with Gasteiger partial charge in [-0.15, -0.1) is 0 Å². The summed E-state index contributed by atoms with van der Waals surface area (Å²) in [4.78, 5) is 13.3. The monoisotopic (exact) mass is 305 g/mol. The Kier molecular flexibility index (Phi) is 3.31. The SMILES string of the molecule is CN(c1cccc(F)c1)c1cc2c(cc1Cl)C(N)C(=O)N2. The van der Waals surface area contributed by atoms with Crippen molar-refractivity contribution >= 4 is 34.6 Å². The molecule has 0 bridgehead atoms. The molecule has 0 saturated carbocycles. The summed E-state index contributed by atoms with van der Waals surface area (Å²) in [6.45, 7) is 0. The molecular weight excluding hydrogens is 293 g/mol. The fraction of sp³-hybridized carbons (Fsp3) is 0.133. The molecule has 1 aliphatic heterocycles. The average molecular weight is 306 g/mol. The largest absolute Gasteiger partial charge is 0.343 e. The van der Waals surface area contributed by atoms with Gasteiger partial charge in [0.25, 0.3) is 0 Å². The molecule has 1 unspecified atom stereocenters. The van der Waals surface area contributed by atoms with Crippen molar-refractivity contribution in [2.24, 2.45) is 5.73 Å². The number of rotatable bonds is 2. The Morgan fingerprint density at radius 1 is 1.33 bits per heavy atom. The van der Waals surface area contributed by atoms with Crippen molar-refractivity contribution in [1.29, 1.82) is 0 Å². The maximum atomic E-state index is 13.3. The van der Waals surface area contributed by atoms with E-state index in [1.54, 1.807) is 36.2 Å². The fourth-order valence-corrected chi connectivity index (χ4v) is 2.67. The molecule has 6 heteroatoms. The number of carbonyl (C=O) groups excluding carboxylic acids is 1. The van der Waals surface area contributed by atoms with Crippen molar-refractivity contribution in [3.05, 3.63) is 52.8 Å². The van der Waals surface area contributed by atoms with E-state index >= 15 is 0 Å². The van der Waals surface area contributed by atoms with Crippen molar-refractivity contribution in [2.75, 3.05) is 17.3 Å². The quantitative estimate of drug-likeness (QED) is 0.896. The molecule has 0 fully saturated rings. The molecular formula is C15H13ClFN3O. The van der Waals surface area contributed by atoms with Crippen LogP contribution in [-0.2, 0) is 4.79 Å². The van der Waals surface area contributed by atoms with Crippen LogP contribution in [0.25, 0.3) is 0 Å². The summed E-state index contributed by atoms with van der Waals surface area (Å²) in [6.07, 6.45) is 0. The minimum atomic E-state index is -0.703. The molecule has 0 aliphatic carbocycles. The minimum Gasteiger partial charge on any atom is -0.343 e. The Labute approximate surface area is 126 Å². The van der Waals surface area contributed by atoms with Crippen LogP contribution in [0.2, 0.25) is 5.02 Å². The number of amides is 1. The number of carbonyl (C=O) groups is 1. The summed E-state index contributed by atoms with van der Waals surface area (Å²) >= 11 is 6.28. The molecule has 108 valence electrons. The summed E-state index contributed by atoms with van der Waals surface area (Å²) in [5.74, 6) is -0.585. The van der Waals surface area contributed by atoms with E-state index in [9.17, 15) is 9.18 Å². The van der Waals surface area contributed by atoms with Crippen molar-refractivity contribution in [3.63, 3.8) is 0 Å². The number of nitrogens with one attached hydrogen (secondary N) is 1. The molecule has 1 heterocycles. The van der Waals surface area contributed by atoms with Gasteiger partial charge in [-0.05, 0) is 30.3 Å². The lowest BCUT2D eigenvalue weighted by Crippen LogP contribution is -2.19. The maximum absolute atomic E-state index is 13.3. The standard InChI is InChI=1S/C15H13ClFN3O/c1-20(9-4-2-3-8(17)5-9)13-7-12-10(6-11(13)16)14(18)15(21)19-12/h2-7,14H,18H2,1H3,(H,19,21). The van der Waals surface area contributed by atoms with Crippen LogP contribution in [0, 0.1) is 5.82 Å². The minimum absolute atomic E-state index is 0.258. The Balaban J connectivity index is 2.04. The van der Waals surface area contributed by atoms with E-state index in [0.717, 1.165) is 0 Å². The van der Waals surface area contributed by atoms with E-state index in [-0.39, 0.29) is 11.7 Å². The summed E-state index contributed by atoms with van der Waals surface area (Å²) in [5, 5.41) is 3.16. The first kappa shape index (κ1) is 13.9. The summed E-state index contributed by atoms with van der Waals surface area (Å²) in [6, 6.07) is 8.90. The highest BCUT2D eigenvalue weighted by molar-refractivity contribution is 6.34. The third kappa shape index (κ3) is 2.34. The molecule has 0 aromatic heterocycles. The average Bonchev–Trinajstić information content (AvgIpc) is 2.73. The van der Waals surface area contributed by atoms with Crippen LogP contribution in [0.1, 0.15) is 11.6 Å². The molecule has 2 aromatic rings. The molecule has 1 aliphatic rings. The van der Waals surface area contributed by atoms with Crippen molar-refractivity contribution < 1.29 is 9.18 Å². The predicted octanol–water partition coefficient (Wildman–Crippen LogP) is 3.20. The zero-order chi connectivity index (χ0) is 15.1. The lowest BCUT2D eigenvalue weighted by atomic mass is 10.1. The van der Waals surface area contributed by atoms with Gasteiger partial charge in [-0.1, -0.05) is 17.7 Å². The summed E-state index contributed by atoms with van der Waals surface area (Å²) in [5.41, 5.74) is 8.40. The number of halogens is 2. The van der Waals surface area contributed by atoms with Gasteiger partial charge in [-0.25, -0.2) is 4.39 Å². The number of nitrogens with zero attached hydrogens (tertiary/aromatic N) is 1. The van der Waals surface area contributed by atoms with Gasteiger partial charge in [0, 0.05) is 24.0 Å². The lowest BCUT2D eigenvalue weighted by molar-refractivity contribution is -0.116. The van der Waals surface area contributed by atoms with Gasteiger partial charge < -0.3 is 16.0 Å². The second-order valence-corrected chi connectivity index (χ2v) is 5.30. The number of anilines is 3. The Hall–Kier alpha value is -2.11. The number of hydrogen-bond donors (Lipinski definition) is 2. The molecule has 3 N–H and O–H groups in total. The van der Waals surface area contributed by atoms with Crippen LogP contribution >= 0.6 is 11.6 Å². The van der Waals surface area contributed by atoms with Gasteiger partial charge in [-0.2, -0.15) is 0 Å². The van der Waals surface area contributed by atoms with Crippen molar-refractivity contribution in [2.45, 2.75) is 6.04 Å². The van der Waals surface area contributed by atoms with Crippen LogP contribution in [0.5, 0.6) is 0 Å². The van der Waals surface area contributed by atoms with Crippen LogP contribution < -0.4 is 16.0 Å². The van der Waals surface area contributed by atoms with Crippen LogP contribution in [0.4, 0.5) is 21.5 Å². The molecule has 0 radical (unpaired) electrons. The van der Waals surface area contributed by atoms with Gasteiger partial charge in [0.15, 0.2) is 0 Å². The van der Waals surface area contributed by atoms with E-state index in [4.69, 9.17) is 17.3 Å². The number of nitrogens with two attached hydrogens (primary N) is 1. The first-order valence-corrected chi connectivity index (χ1v) is 6.74. The van der Waals surface area contributed by atoms with Crippen LogP contribution in [0.15, 0.2) is 36.4 Å². The van der Waals surface area contributed by atoms with Gasteiger partial charge in [0.1, 0.15) is 11.9 Å². The molecule has 21 heavy (non-hydrogen) atoms. The molecule has 2 aromatic carbocycles. The van der Waals surface area contributed by atoms with E-state index < -0.39 is 6.04 Å². The van der Waals surface area contributed by atoms with E-state index in [1.165, 1.54) is 12.1 Å². The highest BCUT2D eigenvalue weighted by Crippen LogP contribution is 2.39. The number of fused-ring (bicyclic) bond motifs is 1. The maximum Gasteiger partial charge on any atom is 0.245 e. The molecule has 0 saturated heterocycles. The van der Waals surface area contributed by atoms with Gasteiger partial charge in [0.05, 0.1) is 10.7 Å². The van der Waals surface area contributed by atoms with Gasteiger partial charge in [0.2, 0.25) is 5.91 Å². The number of hydrogen-bond acceptors (Lipinski definition) is 3. The molecule has 3 rings (SSSR count). The highest BCUT2D eigenvalue weighted by atomic mass is 35.5. The zero-order valence-corrected chi connectivity index (χ0v) is 12.0. The molecule has 1 amide bonds. The summed E-state index contributed by atoms with van der Waals surface area (Å²) < 4.78 is 13.3. The topological polar surface area (TPSA) is 58.4 Å². The fourth-order valence-electron chi connectivity index (χ4n) is 2.38. The normalized spacial score (nSPS) is 16.6. The van der Waals surface area contributed by atoms with Crippen molar-refractivity contribution in [3.8, 4) is 0 Å². The molecule has 4 nitrogen and oxygen atoms in total. The zero-order valence-electron chi connectivity index (χ0n) is 11.2. The first-order valence-electron chi connectivity index (χ1n) is 6.36. The van der Waals surface area contributed by atoms with E-state index in [1.807, 2.05) is 0 Å². The third-order valence-electron chi connectivity index (χ3n) is 3.55. The second kappa shape index (κ2) is 5.02. The van der Waals surface area contributed by atoms with Gasteiger partial charge >= 0.3 is 0 Å². The van der Waals surface area contributed by atoms with Gasteiger partial charge in [-0.3, -0.25) is 4.79 Å². The Morgan fingerprint density at radius 3 is 2.81 bits per heavy atom. The Morgan fingerprint density at radius 2 is 2.10 bits per heavy atom. The summed E-state index contributed by atoms with van der Waals surface area (Å²) in [7, 11) is 1.78. The van der Waals surface area contributed by atoms with Crippen molar-refractivity contribution in [1.82, 2.24) is 0 Å². The highest BCUT2D eigenvalue weighted by Gasteiger charge is 2.28. The second-order valence-electron chi connectivity index (χ2n) is 4.90. The van der Waals surface area contributed by atoms with E-state index in [0.29, 0.717) is 27.6 Å². The third-order valence-corrected chi connectivity index (χ3v) is 3.85. The predicted molar refractivity (Wildman–Crippen MR) is 81.5 cm³/mol. The molecule has 0 spiro atoms. The van der Waals surface area contributed by atoms with E-state index in [2.05, 4.69) is 5.32 Å². The number of benzene rings is 2. The molecule has 1 atom stereocenters. The lowest BCUT2D eigenvalue weighted by Gasteiger charge is -2.22. The smallest absolute Gasteiger partial charge is 0.245 e. The van der Waals surface area contributed by atoms with Crippen LogP contribution in [0.3, 0.4) is 0 Å². The van der Waals surface area contributed by atoms with Crippen LogP contribution in [-0.4, -0.2) is 13.0 Å².